The molecule has 4 aromatic carbocycles. The molecule has 0 aromatic heterocycles. The van der Waals surface area contributed by atoms with E-state index in [0.717, 1.165) is 17.2 Å². The second-order valence-electron chi connectivity index (χ2n) is 7.35. The molecule has 0 saturated heterocycles. The fourth-order valence-electron chi connectivity index (χ4n) is 3.34. The second-order valence-corrected chi connectivity index (χ2v) is 10.2. The molecule has 0 bridgehead atoms. The summed E-state index contributed by atoms with van der Waals surface area (Å²) in [6.45, 7) is 8.63. The molecular weight excluding hydrogens is 430 g/mol. The van der Waals surface area contributed by atoms with Gasteiger partial charge in [0.1, 0.15) is 0 Å². The molecule has 0 fully saturated rings. The van der Waals surface area contributed by atoms with Gasteiger partial charge < -0.3 is 0 Å². The zero-order chi connectivity index (χ0) is 19.9. The van der Waals surface area contributed by atoms with E-state index in [9.17, 15) is 0 Å². The molecule has 29 heavy (non-hydrogen) atoms. The van der Waals surface area contributed by atoms with Gasteiger partial charge in [-0.05, 0) is 38.3 Å². The molecule has 4 rings (SSSR count). The summed E-state index contributed by atoms with van der Waals surface area (Å²) in [6, 6.07) is 30.7. The molecule has 0 aliphatic rings. The standard InChI is InChI=1S/2C13H14P.Fe/c2*1-10-7-11(2)9-13(8-10)14-12-5-3-4-6-12;/h2*3-9,14H,1-2H3;/q2*-1;+2. The first-order valence-electron chi connectivity index (χ1n) is 9.62. The molecular formula is C26H28FeP2. The Kier molecular flexibility index (Phi) is 9.55. The monoisotopic (exact) mass is 458 g/mol. The van der Waals surface area contributed by atoms with Crippen molar-refractivity contribution in [2.24, 2.45) is 0 Å². The van der Waals surface area contributed by atoms with Gasteiger partial charge >= 0.3 is 17.1 Å². The van der Waals surface area contributed by atoms with Crippen LogP contribution in [0.4, 0.5) is 0 Å². The molecule has 2 unspecified atom stereocenters. The van der Waals surface area contributed by atoms with Crippen molar-refractivity contribution in [3.8, 4) is 0 Å². The van der Waals surface area contributed by atoms with Crippen LogP contribution in [0.3, 0.4) is 0 Å². The maximum atomic E-state index is 2.28. The van der Waals surface area contributed by atoms with Gasteiger partial charge in [0.2, 0.25) is 0 Å². The Balaban J connectivity index is 0.000000200. The topological polar surface area (TPSA) is 0 Å². The van der Waals surface area contributed by atoms with Crippen LogP contribution in [0.15, 0.2) is 84.9 Å². The van der Waals surface area contributed by atoms with Gasteiger partial charge in [-0.25, -0.2) is 24.3 Å². The summed E-state index contributed by atoms with van der Waals surface area (Å²) in [7, 11) is 1.59. The predicted molar refractivity (Wildman–Crippen MR) is 131 cm³/mol. The van der Waals surface area contributed by atoms with Crippen molar-refractivity contribution < 1.29 is 17.1 Å². The van der Waals surface area contributed by atoms with Crippen molar-refractivity contribution >= 4 is 38.4 Å². The summed E-state index contributed by atoms with van der Waals surface area (Å²) in [5.41, 5.74) is 5.44. The van der Waals surface area contributed by atoms with Gasteiger partial charge in [-0.3, -0.25) is 0 Å². The normalized spacial score (nSPS) is 10.9. The van der Waals surface area contributed by atoms with Crippen molar-refractivity contribution in [1.29, 1.82) is 0 Å². The average molecular weight is 458 g/mol. The van der Waals surface area contributed by atoms with Crippen LogP contribution >= 0.6 is 17.2 Å². The van der Waals surface area contributed by atoms with E-state index in [-0.39, 0.29) is 17.1 Å². The van der Waals surface area contributed by atoms with Crippen LogP contribution < -0.4 is 21.2 Å². The zero-order valence-electron chi connectivity index (χ0n) is 17.4. The summed E-state index contributed by atoms with van der Waals surface area (Å²) >= 11 is 0. The van der Waals surface area contributed by atoms with Gasteiger partial charge in [-0.2, -0.15) is 24.3 Å². The first-order chi connectivity index (χ1) is 13.5. The third kappa shape index (κ3) is 8.04. The summed E-state index contributed by atoms with van der Waals surface area (Å²) in [5, 5.41) is 5.73. The minimum atomic E-state index is 0. The average Bonchev–Trinajstić information content (AvgIpc) is 3.27. The fraction of sp³-hybridized carbons (Fsp3) is 0.154. The van der Waals surface area contributed by atoms with E-state index in [1.807, 2.05) is 0 Å². The smallest absolute Gasteiger partial charge is 0.213 e. The van der Waals surface area contributed by atoms with Crippen molar-refractivity contribution in [3.63, 3.8) is 0 Å². The first kappa shape index (κ1) is 23.8. The van der Waals surface area contributed by atoms with E-state index >= 15 is 0 Å². The third-order valence-corrected chi connectivity index (χ3v) is 6.74. The van der Waals surface area contributed by atoms with Crippen LogP contribution in [-0.4, -0.2) is 0 Å². The molecule has 0 radical (unpaired) electrons. The molecule has 3 heteroatoms. The molecule has 0 nitrogen and oxygen atoms in total. The van der Waals surface area contributed by atoms with E-state index < -0.39 is 0 Å². The Morgan fingerprint density at radius 2 is 0.897 bits per heavy atom. The minimum Gasteiger partial charge on any atom is -0.213 e. The minimum absolute atomic E-state index is 0. The van der Waals surface area contributed by atoms with E-state index in [4.69, 9.17) is 0 Å². The van der Waals surface area contributed by atoms with Gasteiger partial charge in [0.25, 0.3) is 0 Å². The number of aryl methyl sites for hydroxylation is 4. The number of hydrogen-bond donors (Lipinski definition) is 0. The Morgan fingerprint density at radius 1 is 0.552 bits per heavy atom. The largest absolute Gasteiger partial charge is 2.00 e. The number of hydrogen-bond acceptors (Lipinski definition) is 0. The molecule has 0 N–H and O–H groups in total. The van der Waals surface area contributed by atoms with Gasteiger partial charge in [-0.1, -0.05) is 75.8 Å². The molecule has 4 aromatic rings. The summed E-state index contributed by atoms with van der Waals surface area (Å²) in [4.78, 5) is 0. The van der Waals surface area contributed by atoms with Crippen LogP contribution in [0.5, 0.6) is 0 Å². The second kappa shape index (κ2) is 11.6. The molecule has 0 heterocycles. The van der Waals surface area contributed by atoms with Gasteiger partial charge in [0.15, 0.2) is 0 Å². The van der Waals surface area contributed by atoms with Gasteiger partial charge in [0, 0.05) is 0 Å². The van der Waals surface area contributed by atoms with Crippen LogP contribution in [0.25, 0.3) is 0 Å². The molecule has 0 aliphatic heterocycles. The van der Waals surface area contributed by atoms with Gasteiger partial charge in [0.05, 0.1) is 0 Å². The van der Waals surface area contributed by atoms with Crippen LogP contribution in [0.1, 0.15) is 22.3 Å². The zero-order valence-corrected chi connectivity index (χ0v) is 20.5. The van der Waals surface area contributed by atoms with E-state index in [1.54, 1.807) is 0 Å². The molecule has 0 amide bonds. The van der Waals surface area contributed by atoms with Gasteiger partial charge in [-0.15, -0.1) is 10.6 Å². The quantitative estimate of drug-likeness (QED) is 0.221. The molecule has 0 saturated carbocycles. The SMILES string of the molecule is Cc1cc(C)cc(Pc2ccc[cH-]2)c1.Cc1cc(C)cc(Pc2ccc[cH-]2)c1.[Fe+2]. The fourth-order valence-corrected chi connectivity index (χ4v) is 5.93. The maximum Gasteiger partial charge on any atom is 2.00 e. The van der Waals surface area contributed by atoms with E-state index in [1.165, 1.54) is 43.5 Å². The van der Waals surface area contributed by atoms with Crippen molar-refractivity contribution in [3.05, 3.63) is 107 Å². The molecule has 150 valence electrons. The predicted octanol–water partition coefficient (Wildman–Crippen LogP) is 5.30. The molecule has 0 spiro atoms. The Labute approximate surface area is 189 Å². The summed E-state index contributed by atoms with van der Waals surface area (Å²) in [5.74, 6) is 0. The Morgan fingerprint density at radius 3 is 1.17 bits per heavy atom. The van der Waals surface area contributed by atoms with Crippen LogP contribution in [-0.2, 0) is 17.1 Å². The first-order valence-corrected chi connectivity index (χ1v) is 11.6. The van der Waals surface area contributed by atoms with Crippen LogP contribution in [0.2, 0.25) is 0 Å². The summed E-state index contributed by atoms with van der Waals surface area (Å²) < 4.78 is 0. The Bertz CT molecular complexity index is 875. The van der Waals surface area contributed by atoms with E-state index in [2.05, 4.69) is 113 Å². The Hall–Kier alpha value is -1.48. The molecule has 0 aliphatic carbocycles. The summed E-state index contributed by atoms with van der Waals surface area (Å²) in [6.07, 6.45) is 0. The number of rotatable bonds is 4. The molecule has 2 atom stereocenters. The van der Waals surface area contributed by atoms with Crippen molar-refractivity contribution in [2.75, 3.05) is 0 Å². The maximum absolute atomic E-state index is 2.28. The van der Waals surface area contributed by atoms with Crippen molar-refractivity contribution in [2.45, 2.75) is 27.7 Å². The third-order valence-electron chi connectivity index (χ3n) is 4.35. The van der Waals surface area contributed by atoms with Crippen molar-refractivity contribution in [1.82, 2.24) is 0 Å². The van der Waals surface area contributed by atoms with E-state index in [0.29, 0.717) is 0 Å². The van der Waals surface area contributed by atoms with Crippen LogP contribution in [0, 0.1) is 27.7 Å². The number of benzene rings is 2.